The molecule has 0 amide bonds. The van der Waals surface area contributed by atoms with E-state index >= 15 is 0 Å². The Kier molecular flexibility index (Phi) is 6.52. The number of halogens is 3. The third kappa shape index (κ3) is 6.45. The molecule has 0 bridgehead atoms. The number of hydrogen-bond acceptors (Lipinski definition) is 3. The molecule has 0 radical (unpaired) electrons. The second-order valence-corrected chi connectivity index (χ2v) is 6.40. The summed E-state index contributed by atoms with van der Waals surface area (Å²) in [7, 11) is 0. The molecule has 3 N–H and O–H groups in total. The number of hydrogen-bond donors (Lipinski definition) is 2. The van der Waals surface area contributed by atoms with Gasteiger partial charge in [-0.1, -0.05) is 13.8 Å². The third-order valence-corrected chi connectivity index (χ3v) is 4.01. The Morgan fingerprint density at radius 3 is 2.64 bits per heavy atom. The van der Waals surface area contributed by atoms with Crippen molar-refractivity contribution in [2.24, 2.45) is 22.6 Å². The summed E-state index contributed by atoms with van der Waals surface area (Å²) in [5, 5.41) is 2.87. The summed E-state index contributed by atoms with van der Waals surface area (Å²) in [6.45, 7) is 5.58. The Morgan fingerprint density at radius 1 is 1.36 bits per heavy atom. The summed E-state index contributed by atoms with van der Waals surface area (Å²) in [5.74, 6) is 0.665. The highest BCUT2D eigenvalue weighted by Crippen LogP contribution is 2.27. The fourth-order valence-corrected chi connectivity index (χ4v) is 2.94. The SMILES string of the molecule is CC(C)C1OCCCC1CN=C(N)Nc1ccc(OC(F)(F)F)cc1. The van der Waals surface area contributed by atoms with Crippen LogP contribution in [0.4, 0.5) is 18.9 Å². The molecule has 8 heteroatoms. The lowest BCUT2D eigenvalue weighted by atomic mass is 9.87. The van der Waals surface area contributed by atoms with E-state index in [4.69, 9.17) is 10.5 Å². The lowest BCUT2D eigenvalue weighted by Crippen LogP contribution is -2.36. The largest absolute Gasteiger partial charge is 0.573 e. The van der Waals surface area contributed by atoms with Crippen LogP contribution in [0, 0.1) is 11.8 Å². The van der Waals surface area contributed by atoms with E-state index in [0.29, 0.717) is 24.1 Å². The van der Waals surface area contributed by atoms with Crippen molar-refractivity contribution in [3.8, 4) is 5.75 Å². The molecule has 1 heterocycles. The summed E-state index contributed by atoms with van der Waals surface area (Å²) < 4.78 is 46.0. The summed E-state index contributed by atoms with van der Waals surface area (Å²) in [4.78, 5) is 4.35. The molecule has 1 aromatic rings. The maximum atomic E-state index is 12.1. The number of ether oxygens (including phenoxy) is 2. The third-order valence-electron chi connectivity index (χ3n) is 4.01. The average Bonchev–Trinajstić information content (AvgIpc) is 2.53. The van der Waals surface area contributed by atoms with Crippen LogP contribution in [0.3, 0.4) is 0 Å². The molecule has 2 rings (SSSR count). The number of nitrogens with one attached hydrogen (secondary N) is 1. The molecule has 0 spiro atoms. The van der Waals surface area contributed by atoms with E-state index in [1.165, 1.54) is 24.3 Å². The average molecular weight is 359 g/mol. The molecule has 1 aromatic carbocycles. The van der Waals surface area contributed by atoms with Gasteiger partial charge in [0.25, 0.3) is 0 Å². The van der Waals surface area contributed by atoms with E-state index < -0.39 is 6.36 Å². The van der Waals surface area contributed by atoms with Crippen LogP contribution in [-0.4, -0.2) is 31.6 Å². The van der Waals surface area contributed by atoms with Gasteiger partial charge < -0.3 is 20.5 Å². The second-order valence-electron chi connectivity index (χ2n) is 6.40. The molecule has 5 nitrogen and oxygen atoms in total. The second kappa shape index (κ2) is 8.42. The Bertz CT molecular complexity index is 573. The predicted molar refractivity (Wildman–Crippen MR) is 90.5 cm³/mol. The van der Waals surface area contributed by atoms with Crippen LogP contribution in [0.2, 0.25) is 0 Å². The van der Waals surface area contributed by atoms with Crippen LogP contribution in [0.15, 0.2) is 29.3 Å². The lowest BCUT2D eigenvalue weighted by molar-refractivity contribution is -0.274. The highest BCUT2D eigenvalue weighted by Gasteiger charge is 2.31. The van der Waals surface area contributed by atoms with Crippen LogP contribution in [-0.2, 0) is 4.74 Å². The molecule has 1 saturated heterocycles. The zero-order chi connectivity index (χ0) is 18.4. The van der Waals surface area contributed by atoms with Gasteiger partial charge in [-0.15, -0.1) is 13.2 Å². The standard InChI is InChI=1S/C17H24F3N3O2/c1-11(2)15-12(4-3-9-24-15)10-22-16(21)23-13-5-7-14(8-6-13)25-17(18,19)20/h5-8,11-12,15H,3-4,9-10H2,1-2H3,(H3,21,22,23). The molecule has 25 heavy (non-hydrogen) atoms. The van der Waals surface area contributed by atoms with Crippen molar-refractivity contribution < 1.29 is 22.6 Å². The first kappa shape index (κ1) is 19.4. The molecule has 2 atom stereocenters. The van der Waals surface area contributed by atoms with Crippen molar-refractivity contribution in [3.05, 3.63) is 24.3 Å². The highest BCUT2D eigenvalue weighted by atomic mass is 19.4. The van der Waals surface area contributed by atoms with Gasteiger partial charge in [-0.3, -0.25) is 4.99 Å². The molecule has 2 unspecified atom stereocenters. The number of guanidine groups is 1. The molecular formula is C17H24F3N3O2. The number of nitrogens with zero attached hydrogens (tertiary/aromatic N) is 1. The Hall–Kier alpha value is -1.96. The molecule has 1 aliphatic rings. The minimum absolute atomic E-state index is 0.170. The summed E-state index contributed by atoms with van der Waals surface area (Å²) in [5.41, 5.74) is 6.41. The van der Waals surface area contributed by atoms with E-state index in [9.17, 15) is 13.2 Å². The van der Waals surface area contributed by atoms with Gasteiger partial charge in [-0.25, -0.2) is 0 Å². The molecule has 140 valence electrons. The Morgan fingerprint density at radius 2 is 2.04 bits per heavy atom. The minimum atomic E-state index is -4.70. The maximum Gasteiger partial charge on any atom is 0.573 e. The summed E-state index contributed by atoms with van der Waals surface area (Å²) >= 11 is 0. The fourth-order valence-electron chi connectivity index (χ4n) is 2.94. The first-order chi connectivity index (χ1) is 11.7. The Labute approximate surface area is 145 Å². The zero-order valence-corrected chi connectivity index (χ0v) is 14.3. The highest BCUT2D eigenvalue weighted by molar-refractivity contribution is 5.92. The molecule has 0 saturated carbocycles. The minimum Gasteiger partial charge on any atom is -0.406 e. The molecule has 1 aliphatic heterocycles. The molecule has 0 aliphatic carbocycles. The van der Waals surface area contributed by atoms with E-state index in [1.807, 2.05) is 0 Å². The van der Waals surface area contributed by atoms with Gasteiger partial charge in [0.1, 0.15) is 5.75 Å². The number of alkyl halides is 3. The number of benzene rings is 1. The van der Waals surface area contributed by atoms with Gasteiger partial charge in [0.05, 0.1) is 6.10 Å². The summed E-state index contributed by atoms with van der Waals surface area (Å²) in [6, 6.07) is 5.33. The van der Waals surface area contributed by atoms with Gasteiger partial charge in [-0.2, -0.15) is 0 Å². The van der Waals surface area contributed by atoms with Crippen LogP contribution in [0.5, 0.6) is 5.75 Å². The number of rotatable bonds is 5. The van der Waals surface area contributed by atoms with Crippen LogP contribution >= 0.6 is 0 Å². The van der Waals surface area contributed by atoms with Gasteiger partial charge in [0.2, 0.25) is 0 Å². The van der Waals surface area contributed by atoms with E-state index in [0.717, 1.165) is 19.4 Å². The first-order valence-electron chi connectivity index (χ1n) is 8.29. The quantitative estimate of drug-likeness (QED) is 0.620. The lowest BCUT2D eigenvalue weighted by Gasteiger charge is -2.33. The van der Waals surface area contributed by atoms with Gasteiger partial charge in [-0.05, 0) is 43.0 Å². The van der Waals surface area contributed by atoms with Crippen molar-refractivity contribution in [1.82, 2.24) is 0 Å². The monoisotopic (exact) mass is 359 g/mol. The van der Waals surface area contributed by atoms with Crippen molar-refractivity contribution >= 4 is 11.6 Å². The van der Waals surface area contributed by atoms with Crippen molar-refractivity contribution in [2.45, 2.75) is 39.2 Å². The Balaban J connectivity index is 1.90. The maximum absolute atomic E-state index is 12.1. The molecular weight excluding hydrogens is 335 g/mol. The summed E-state index contributed by atoms with van der Waals surface area (Å²) in [6.07, 6.45) is -2.48. The van der Waals surface area contributed by atoms with Crippen molar-refractivity contribution in [2.75, 3.05) is 18.5 Å². The van der Waals surface area contributed by atoms with Crippen LogP contribution in [0.25, 0.3) is 0 Å². The first-order valence-corrected chi connectivity index (χ1v) is 8.29. The van der Waals surface area contributed by atoms with Gasteiger partial charge >= 0.3 is 6.36 Å². The molecule has 0 aromatic heterocycles. The van der Waals surface area contributed by atoms with Crippen molar-refractivity contribution in [3.63, 3.8) is 0 Å². The van der Waals surface area contributed by atoms with Gasteiger partial charge in [0.15, 0.2) is 5.96 Å². The number of aliphatic imine (C=N–C) groups is 1. The van der Waals surface area contributed by atoms with Crippen LogP contribution in [0.1, 0.15) is 26.7 Å². The van der Waals surface area contributed by atoms with E-state index in [-0.39, 0.29) is 17.8 Å². The topological polar surface area (TPSA) is 68.9 Å². The normalized spacial score (nSPS) is 22.1. The predicted octanol–water partition coefficient (Wildman–Crippen LogP) is 3.76. The zero-order valence-electron chi connectivity index (χ0n) is 14.3. The van der Waals surface area contributed by atoms with Crippen LogP contribution < -0.4 is 15.8 Å². The smallest absolute Gasteiger partial charge is 0.406 e. The fraction of sp³-hybridized carbons (Fsp3) is 0.588. The van der Waals surface area contributed by atoms with E-state index in [1.54, 1.807) is 0 Å². The van der Waals surface area contributed by atoms with Crippen molar-refractivity contribution in [1.29, 1.82) is 0 Å². The number of anilines is 1. The van der Waals surface area contributed by atoms with Gasteiger partial charge in [0, 0.05) is 24.8 Å². The number of nitrogens with two attached hydrogens (primary N) is 1. The van der Waals surface area contributed by atoms with E-state index in [2.05, 4.69) is 28.9 Å². The molecule has 1 fully saturated rings.